The van der Waals surface area contributed by atoms with Crippen molar-refractivity contribution in [2.45, 2.75) is 42.6 Å². The van der Waals surface area contributed by atoms with Gasteiger partial charge in [-0.25, -0.2) is 21.8 Å². The van der Waals surface area contributed by atoms with Crippen LogP contribution in [0.15, 0.2) is 34.1 Å². The van der Waals surface area contributed by atoms with Crippen molar-refractivity contribution >= 4 is 36.4 Å². The lowest BCUT2D eigenvalue weighted by atomic mass is 10.3. The highest BCUT2D eigenvalue weighted by atomic mass is 32.2. The highest BCUT2D eigenvalue weighted by Gasteiger charge is 2.32. The molecule has 2 N–H and O–H groups in total. The topological polar surface area (TPSA) is 117 Å². The number of rotatable bonds is 6. The SMILES string of the molecule is CCc1nc(C)c(NS(=O)(=O)c2cccc(S(=O)(=O)N3CC[C@@H](O)C3)c2)s1. The Bertz CT molecular complexity index is 1050. The first-order valence-corrected chi connectivity index (χ1v) is 12.1. The Morgan fingerprint density at radius 3 is 2.59 bits per heavy atom. The Balaban J connectivity index is 1.91. The number of aliphatic hydroxyl groups is 1. The van der Waals surface area contributed by atoms with Gasteiger partial charge in [0.2, 0.25) is 10.0 Å². The van der Waals surface area contributed by atoms with Crippen molar-refractivity contribution in [2.75, 3.05) is 17.8 Å². The molecule has 1 aliphatic heterocycles. The molecular weight excluding hydrogens is 410 g/mol. The Morgan fingerprint density at radius 1 is 1.30 bits per heavy atom. The van der Waals surface area contributed by atoms with E-state index in [0.29, 0.717) is 23.5 Å². The van der Waals surface area contributed by atoms with Crippen molar-refractivity contribution in [1.29, 1.82) is 0 Å². The van der Waals surface area contributed by atoms with Crippen LogP contribution in [-0.4, -0.2) is 50.4 Å². The highest BCUT2D eigenvalue weighted by molar-refractivity contribution is 7.93. The number of nitrogens with one attached hydrogen (secondary N) is 1. The molecule has 1 fully saturated rings. The summed E-state index contributed by atoms with van der Waals surface area (Å²) in [7, 11) is -7.82. The molecule has 1 saturated heterocycles. The molecule has 2 aromatic rings. The maximum atomic E-state index is 12.7. The quantitative estimate of drug-likeness (QED) is 0.717. The second-order valence-corrected chi connectivity index (χ2v) is 11.0. The molecule has 0 aliphatic carbocycles. The molecule has 0 spiro atoms. The van der Waals surface area contributed by atoms with Gasteiger partial charge in [-0.3, -0.25) is 4.72 Å². The van der Waals surface area contributed by atoms with Gasteiger partial charge in [-0.2, -0.15) is 4.31 Å². The number of thiazole rings is 1. The molecule has 27 heavy (non-hydrogen) atoms. The maximum absolute atomic E-state index is 12.7. The summed E-state index contributed by atoms with van der Waals surface area (Å²) < 4.78 is 54.5. The molecule has 1 aromatic heterocycles. The van der Waals surface area contributed by atoms with Gasteiger partial charge in [0.05, 0.1) is 26.6 Å². The number of β-amino-alcohol motifs (C(OH)–C–C–N with tert-alkyl or cyclic N) is 1. The molecule has 0 saturated carbocycles. The zero-order chi connectivity index (χ0) is 19.8. The van der Waals surface area contributed by atoms with Gasteiger partial charge >= 0.3 is 0 Å². The largest absolute Gasteiger partial charge is 0.392 e. The van der Waals surface area contributed by atoms with Crippen LogP contribution < -0.4 is 4.72 Å². The number of aryl methyl sites for hydroxylation is 2. The van der Waals surface area contributed by atoms with E-state index in [1.54, 1.807) is 6.92 Å². The molecule has 0 radical (unpaired) electrons. The molecule has 2 heterocycles. The summed E-state index contributed by atoms with van der Waals surface area (Å²) in [5.74, 6) is 0. The third-order valence-corrected chi connectivity index (χ3v) is 8.81. The number of aromatic nitrogens is 1. The van der Waals surface area contributed by atoms with E-state index in [-0.39, 0.29) is 22.9 Å². The van der Waals surface area contributed by atoms with Crippen LogP contribution in [0.3, 0.4) is 0 Å². The zero-order valence-corrected chi connectivity index (χ0v) is 17.4. The minimum Gasteiger partial charge on any atom is -0.392 e. The number of benzene rings is 1. The predicted octanol–water partition coefficient (Wildman–Crippen LogP) is 1.57. The fourth-order valence-corrected chi connectivity index (χ4v) is 6.67. The van der Waals surface area contributed by atoms with Crippen molar-refractivity contribution in [1.82, 2.24) is 9.29 Å². The summed E-state index contributed by atoms with van der Waals surface area (Å²) in [6.45, 7) is 3.86. The van der Waals surface area contributed by atoms with Crippen molar-refractivity contribution in [3.63, 3.8) is 0 Å². The van der Waals surface area contributed by atoms with Crippen LogP contribution in [0.25, 0.3) is 0 Å². The van der Waals surface area contributed by atoms with Gasteiger partial charge in [-0.05, 0) is 38.0 Å². The molecule has 0 bridgehead atoms. The zero-order valence-electron chi connectivity index (χ0n) is 14.9. The van der Waals surface area contributed by atoms with E-state index in [1.165, 1.54) is 29.5 Å². The minimum atomic E-state index is -3.96. The third-order valence-electron chi connectivity index (χ3n) is 4.25. The fraction of sp³-hybridized carbons (Fsp3) is 0.438. The molecule has 0 unspecified atom stereocenters. The average Bonchev–Trinajstić information content (AvgIpc) is 3.21. The summed E-state index contributed by atoms with van der Waals surface area (Å²) >= 11 is 1.26. The second kappa shape index (κ2) is 7.47. The number of anilines is 1. The molecule has 3 rings (SSSR count). The number of hydrogen-bond donors (Lipinski definition) is 2. The van der Waals surface area contributed by atoms with E-state index >= 15 is 0 Å². The van der Waals surface area contributed by atoms with Crippen molar-refractivity contribution in [3.8, 4) is 0 Å². The summed E-state index contributed by atoms with van der Waals surface area (Å²) in [4.78, 5) is 4.03. The number of sulfonamides is 2. The van der Waals surface area contributed by atoms with Crippen molar-refractivity contribution in [3.05, 3.63) is 35.0 Å². The lowest BCUT2D eigenvalue weighted by molar-refractivity contribution is 0.189. The van der Waals surface area contributed by atoms with Crippen LogP contribution >= 0.6 is 11.3 Å². The van der Waals surface area contributed by atoms with Crippen LogP contribution in [0, 0.1) is 6.92 Å². The van der Waals surface area contributed by atoms with Gasteiger partial charge in [0.25, 0.3) is 10.0 Å². The molecule has 11 heteroatoms. The Morgan fingerprint density at radius 2 is 2.00 bits per heavy atom. The molecule has 0 amide bonds. The third kappa shape index (κ3) is 4.16. The minimum absolute atomic E-state index is 0.0113. The Hall–Kier alpha value is -1.53. The maximum Gasteiger partial charge on any atom is 0.262 e. The van der Waals surface area contributed by atoms with E-state index in [9.17, 15) is 21.9 Å². The van der Waals surface area contributed by atoms with E-state index in [1.807, 2.05) is 6.92 Å². The van der Waals surface area contributed by atoms with Crippen LogP contribution in [0.5, 0.6) is 0 Å². The molecule has 8 nitrogen and oxygen atoms in total. The van der Waals surface area contributed by atoms with Gasteiger partial charge in [0, 0.05) is 13.1 Å². The number of aliphatic hydroxyl groups excluding tert-OH is 1. The van der Waals surface area contributed by atoms with Crippen LogP contribution in [0.2, 0.25) is 0 Å². The van der Waals surface area contributed by atoms with Crippen molar-refractivity contribution in [2.24, 2.45) is 0 Å². The summed E-state index contributed by atoms with van der Waals surface area (Å²) in [5, 5.41) is 10.8. The fourth-order valence-electron chi connectivity index (χ4n) is 2.76. The first-order valence-electron chi connectivity index (χ1n) is 8.41. The lowest BCUT2D eigenvalue weighted by Crippen LogP contribution is -2.29. The van der Waals surface area contributed by atoms with E-state index in [0.717, 1.165) is 15.4 Å². The summed E-state index contributed by atoms with van der Waals surface area (Å²) in [5.41, 5.74) is 0.579. The van der Waals surface area contributed by atoms with Crippen LogP contribution in [0.4, 0.5) is 5.00 Å². The smallest absolute Gasteiger partial charge is 0.262 e. The van der Waals surface area contributed by atoms with Gasteiger partial charge in [-0.15, -0.1) is 11.3 Å². The lowest BCUT2D eigenvalue weighted by Gasteiger charge is -2.16. The van der Waals surface area contributed by atoms with E-state index in [4.69, 9.17) is 0 Å². The first kappa shape index (κ1) is 20.2. The second-order valence-electron chi connectivity index (χ2n) is 6.26. The number of hydrogen-bond acceptors (Lipinski definition) is 7. The Kier molecular flexibility index (Phi) is 5.59. The first-order chi connectivity index (χ1) is 12.6. The van der Waals surface area contributed by atoms with E-state index in [2.05, 4.69) is 9.71 Å². The van der Waals surface area contributed by atoms with E-state index < -0.39 is 26.2 Å². The predicted molar refractivity (Wildman–Crippen MR) is 103 cm³/mol. The van der Waals surface area contributed by atoms with Crippen LogP contribution in [-0.2, 0) is 26.5 Å². The number of nitrogens with zero attached hydrogens (tertiary/aromatic N) is 2. The standard InChI is InChI=1S/C16H21N3O5S3/c1-3-15-17-11(2)16(25-15)18-26(21,22)13-5-4-6-14(9-13)27(23,24)19-8-7-12(20)10-19/h4-6,9,12,18,20H,3,7-8,10H2,1-2H3/t12-/m1/s1. The molecule has 1 aliphatic rings. The van der Waals surface area contributed by atoms with Crippen molar-refractivity contribution < 1.29 is 21.9 Å². The molecule has 1 aromatic carbocycles. The molecular formula is C16H21N3O5S3. The van der Waals surface area contributed by atoms with Crippen LogP contribution in [0.1, 0.15) is 24.0 Å². The average molecular weight is 432 g/mol. The molecule has 1 atom stereocenters. The van der Waals surface area contributed by atoms with Gasteiger partial charge in [0.1, 0.15) is 5.00 Å². The normalized spacial score (nSPS) is 18.7. The summed E-state index contributed by atoms with van der Waals surface area (Å²) in [6.07, 6.45) is 0.363. The Labute approximate surface area is 163 Å². The van der Waals surface area contributed by atoms with Gasteiger partial charge in [-0.1, -0.05) is 13.0 Å². The highest BCUT2D eigenvalue weighted by Crippen LogP contribution is 2.28. The molecule has 148 valence electrons. The monoisotopic (exact) mass is 431 g/mol. The van der Waals surface area contributed by atoms with Gasteiger partial charge < -0.3 is 5.11 Å². The van der Waals surface area contributed by atoms with Gasteiger partial charge in [0.15, 0.2) is 0 Å². The summed E-state index contributed by atoms with van der Waals surface area (Å²) in [6, 6.07) is 5.23.